The zero-order chi connectivity index (χ0) is 11.1. The van der Waals surface area contributed by atoms with Gasteiger partial charge in [-0.05, 0) is 23.7 Å². The van der Waals surface area contributed by atoms with Gasteiger partial charge in [-0.15, -0.1) is 0 Å². The van der Waals surface area contributed by atoms with Crippen LogP contribution in [0.3, 0.4) is 0 Å². The average Bonchev–Trinajstić information content (AvgIpc) is 2.25. The molecule has 0 aliphatic rings. The van der Waals surface area contributed by atoms with E-state index < -0.39 is 5.24 Å². The molecule has 0 aromatic heterocycles. The first kappa shape index (κ1) is 11.5. The molecule has 5 heteroatoms. The van der Waals surface area contributed by atoms with Gasteiger partial charge in [-0.2, -0.15) is 0 Å². The van der Waals surface area contributed by atoms with Crippen molar-refractivity contribution in [1.82, 2.24) is 5.32 Å². The minimum atomic E-state index is -0.608. The van der Waals surface area contributed by atoms with Crippen molar-refractivity contribution < 1.29 is 14.3 Å². The van der Waals surface area contributed by atoms with Crippen molar-refractivity contribution in [2.24, 2.45) is 0 Å². The Balaban J connectivity index is 2.26. The van der Waals surface area contributed by atoms with E-state index in [2.05, 4.69) is 5.32 Å². The van der Waals surface area contributed by atoms with Crippen LogP contribution in [0.25, 0.3) is 0 Å². The lowest BCUT2D eigenvalue weighted by Gasteiger charge is -2.05. The highest BCUT2D eigenvalue weighted by atomic mass is 35.5. The molecule has 1 aromatic rings. The Hall–Kier alpha value is -1.55. The molecule has 1 amide bonds. The van der Waals surface area contributed by atoms with E-state index in [0.29, 0.717) is 5.75 Å². The standard InChI is InChI=1S/C10H10ClNO3/c11-9(13)6-12-10(14)7-15-8-4-2-1-3-5-8/h1-5H,6-7H2,(H,12,14). The van der Waals surface area contributed by atoms with Crippen LogP contribution in [0.1, 0.15) is 0 Å². The number of benzene rings is 1. The van der Waals surface area contributed by atoms with Crippen molar-refractivity contribution in [1.29, 1.82) is 0 Å². The molecule has 0 aliphatic carbocycles. The highest BCUT2D eigenvalue weighted by Gasteiger charge is 2.03. The summed E-state index contributed by atoms with van der Waals surface area (Å²) in [5.74, 6) is 0.220. The summed E-state index contributed by atoms with van der Waals surface area (Å²) in [5, 5.41) is 1.70. The monoisotopic (exact) mass is 227 g/mol. The maximum Gasteiger partial charge on any atom is 0.258 e. The first-order valence-corrected chi connectivity index (χ1v) is 4.69. The van der Waals surface area contributed by atoms with Gasteiger partial charge in [-0.3, -0.25) is 9.59 Å². The van der Waals surface area contributed by atoms with Gasteiger partial charge in [-0.1, -0.05) is 18.2 Å². The smallest absolute Gasteiger partial charge is 0.258 e. The van der Waals surface area contributed by atoms with Crippen LogP contribution in [0.4, 0.5) is 0 Å². The molecule has 15 heavy (non-hydrogen) atoms. The Morgan fingerprint density at radius 2 is 1.93 bits per heavy atom. The lowest BCUT2D eigenvalue weighted by atomic mass is 10.3. The summed E-state index contributed by atoms with van der Waals surface area (Å²) in [6.07, 6.45) is 0. The Morgan fingerprint density at radius 3 is 2.53 bits per heavy atom. The molecule has 4 nitrogen and oxygen atoms in total. The first-order valence-electron chi connectivity index (χ1n) is 4.31. The molecule has 0 radical (unpaired) electrons. The Labute approximate surface area is 92.2 Å². The van der Waals surface area contributed by atoms with Gasteiger partial charge in [0.25, 0.3) is 5.91 Å². The van der Waals surface area contributed by atoms with Crippen molar-refractivity contribution in [2.75, 3.05) is 13.2 Å². The number of carbonyl (C=O) groups excluding carboxylic acids is 2. The molecule has 0 spiro atoms. The van der Waals surface area contributed by atoms with Gasteiger partial charge in [0.1, 0.15) is 5.75 Å². The van der Waals surface area contributed by atoms with Crippen LogP contribution in [0.5, 0.6) is 5.75 Å². The number of rotatable bonds is 5. The summed E-state index contributed by atoms with van der Waals surface area (Å²) in [6.45, 7) is -0.313. The van der Waals surface area contributed by atoms with E-state index in [0.717, 1.165) is 0 Å². The topological polar surface area (TPSA) is 55.4 Å². The molecule has 0 unspecified atom stereocenters. The van der Waals surface area contributed by atoms with Crippen LogP contribution in [-0.2, 0) is 9.59 Å². The highest BCUT2D eigenvalue weighted by Crippen LogP contribution is 2.07. The van der Waals surface area contributed by atoms with Gasteiger partial charge in [0.2, 0.25) is 5.24 Å². The number of hydrogen-bond donors (Lipinski definition) is 1. The van der Waals surface area contributed by atoms with Crippen LogP contribution in [0, 0.1) is 0 Å². The normalized spacial score (nSPS) is 9.40. The SMILES string of the molecule is O=C(Cl)CNC(=O)COc1ccccc1. The predicted molar refractivity (Wildman–Crippen MR) is 55.8 cm³/mol. The number of para-hydroxylation sites is 1. The summed E-state index contributed by atoms with van der Waals surface area (Å²) in [6, 6.07) is 8.92. The second-order valence-electron chi connectivity index (χ2n) is 2.73. The number of nitrogens with one attached hydrogen (secondary N) is 1. The first-order chi connectivity index (χ1) is 7.18. The molecule has 0 fully saturated rings. The van der Waals surface area contributed by atoms with Gasteiger partial charge in [0.15, 0.2) is 6.61 Å². The fourth-order valence-electron chi connectivity index (χ4n) is 0.885. The van der Waals surface area contributed by atoms with Crippen LogP contribution in [0.15, 0.2) is 30.3 Å². The number of halogens is 1. The minimum absolute atomic E-state index is 0.131. The predicted octanol–water partition coefficient (Wildman–Crippen LogP) is 0.947. The zero-order valence-corrected chi connectivity index (χ0v) is 8.66. The van der Waals surface area contributed by atoms with Crippen LogP contribution in [0.2, 0.25) is 0 Å². The van der Waals surface area contributed by atoms with E-state index in [-0.39, 0.29) is 19.1 Å². The summed E-state index contributed by atoms with van der Waals surface area (Å²) < 4.78 is 5.13. The minimum Gasteiger partial charge on any atom is -0.484 e. The maximum atomic E-state index is 11.1. The number of carbonyl (C=O) groups is 2. The average molecular weight is 228 g/mol. The van der Waals surface area contributed by atoms with Crippen molar-refractivity contribution in [3.63, 3.8) is 0 Å². The number of amides is 1. The molecule has 0 aliphatic heterocycles. The second kappa shape index (κ2) is 6.03. The Morgan fingerprint density at radius 1 is 1.27 bits per heavy atom. The van der Waals surface area contributed by atoms with Gasteiger partial charge in [0, 0.05) is 0 Å². The fourth-order valence-corrected chi connectivity index (χ4v) is 0.952. The molecule has 0 atom stereocenters. The molecular formula is C10H10ClNO3. The molecule has 0 saturated carbocycles. The quantitative estimate of drug-likeness (QED) is 0.762. The summed E-state index contributed by atoms with van der Waals surface area (Å²) in [5.41, 5.74) is 0. The fraction of sp³-hybridized carbons (Fsp3) is 0.200. The molecule has 0 heterocycles. The second-order valence-corrected chi connectivity index (χ2v) is 3.16. The van der Waals surface area contributed by atoms with Crippen molar-refractivity contribution in [3.05, 3.63) is 30.3 Å². The Kier molecular flexibility index (Phi) is 4.63. The molecule has 0 bridgehead atoms. The zero-order valence-electron chi connectivity index (χ0n) is 7.90. The lowest BCUT2D eigenvalue weighted by molar-refractivity contribution is -0.124. The molecule has 1 aromatic carbocycles. The van der Waals surface area contributed by atoms with E-state index in [4.69, 9.17) is 16.3 Å². The van der Waals surface area contributed by atoms with E-state index >= 15 is 0 Å². The van der Waals surface area contributed by atoms with Crippen molar-refractivity contribution >= 4 is 22.8 Å². The summed E-state index contributed by atoms with van der Waals surface area (Å²) in [7, 11) is 0. The van der Waals surface area contributed by atoms with Gasteiger partial charge in [-0.25, -0.2) is 0 Å². The van der Waals surface area contributed by atoms with E-state index in [1.807, 2.05) is 6.07 Å². The third-order valence-electron chi connectivity index (χ3n) is 1.54. The van der Waals surface area contributed by atoms with Crippen molar-refractivity contribution in [3.8, 4) is 5.75 Å². The summed E-state index contributed by atoms with van der Waals surface area (Å²) >= 11 is 5.04. The van der Waals surface area contributed by atoms with E-state index in [1.165, 1.54) is 0 Å². The third-order valence-corrected chi connectivity index (χ3v) is 1.67. The molecular weight excluding hydrogens is 218 g/mol. The molecule has 0 saturated heterocycles. The number of hydrogen-bond acceptors (Lipinski definition) is 3. The van der Waals surface area contributed by atoms with Gasteiger partial charge in [0.05, 0.1) is 6.54 Å². The Bertz CT molecular complexity index is 340. The van der Waals surface area contributed by atoms with Crippen LogP contribution in [-0.4, -0.2) is 24.3 Å². The van der Waals surface area contributed by atoms with Crippen LogP contribution >= 0.6 is 11.6 Å². The number of ether oxygens (including phenoxy) is 1. The van der Waals surface area contributed by atoms with Gasteiger partial charge < -0.3 is 10.1 Å². The summed E-state index contributed by atoms with van der Waals surface area (Å²) in [4.78, 5) is 21.4. The lowest BCUT2D eigenvalue weighted by Crippen LogP contribution is -2.31. The van der Waals surface area contributed by atoms with Gasteiger partial charge >= 0.3 is 0 Å². The third kappa shape index (κ3) is 5.02. The largest absolute Gasteiger partial charge is 0.484 e. The molecule has 1 N–H and O–H groups in total. The van der Waals surface area contributed by atoms with E-state index in [1.54, 1.807) is 24.3 Å². The van der Waals surface area contributed by atoms with E-state index in [9.17, 15) is 9.59 Å². The maximum absolute atomic E-state index is 11.1. The highest BCUT2D eigenvalue weighted by molar-refractivity contribution is 6.64. The molecule has 80 valence electrons. The molecule has 1 rings (SSSR count). The van der Waals surface area contributed by atoms with Crippen molar-refractivity contribution in [2.45, 2.75) is 0 Å². The van der Waals surface area contributed by atoms with Crippen LogP contribution < -0.4 is 10.1 Å².